The zero-order chi connectivity index (χ0) is 20.1. The summed E-state index contributed by atoms with van der Waals surface area (Å²) in [6, 6.07) is 12.9. The number of ether oxygens (including phenoxy) is 1. The summed E-state index contributed by atoms with van der Waals surface area (Å²) >= 11 is 0. The van der Waals surface area contributed by atoms with Gasteiger partial charge in [0.2, 0.25) is 5.91 Å². The van der Waals surface area contributed by atoms with Gasteiger partial charge in [0, 0.05) is 18.5 Å². The first-order valence-corrected chi connectivity index (χ1v) is 9.49. The van der Waals surface area contributed by atoms with E-state index >= 15 is 0 Å². The first kappa shape index (κ1) is 18.5. The van der Waals surface area contributed by atoms with Crippen LogP contribution in [0.15, 0.2) is 42.5 Å². The van der Waals surface area contributed by atoms with Crippen LogP contribution in [0.2, 0.25) is 0 Å². The molecule has 2 heterocycles. The van der Waals surface area contributed by atoms with Crippen molar-refractivity contribution in [2.45, 2.75) is 31.7 Å². The number of hydrogen-bond donors (Lipinski definition) is 1. The van der Waals surface area contributed by atoms with E-state index < -0.39 is 18.0 Å². The molecular weight excluding hydrogens is 354 g/mol. The third kappa shape index (κ3) is 3.03. The van der Waals surface area contributed by atoms with Crippen molar-refractivity contribution >= 4 is 17.7 Å². The van der Waals surface area contributed by atoms with Crippen LogP contribution in [0, 0.1) is 0 Å². The molecule has 2 aliphatic heterocycles. The van der Waals surface area contributed by atoms with Crippen molar-refractivity contribution in [3.05, 3.63) is 59.2 Å². The highest BCUT2D eigenvalue weighted by Crippen LogP contribution is 2.40. The van der Waals surface area contributed by atoms with Crippen molar-refractivity contribution in [1.29, 1.82) is 0 Å². The number of nitrogens with zero attached hydrogens (tertiary/aromatic N) is 2. The number of nitrogens with two attached hydrogens (primary N) is 1. The number of carbonyl (C=O) groups is 2. The molecule has 1 atom stereocenters. The van der Waals surface area contributed by atoms with Gasteiger partial charge < -0.3 is 10.5 Å². The molecule has 0 bridgehead atoms. The van der Waals surface area contributed by atoms with E-state index in [1.807, 2.05) is 36.2 Å². The van der Waals surface area contributed by atoms with Gasteiger partial charge in [-0.2, -0.15) is 0 Å². The summed E-state index contributed by atoms with van der Waals surface area (Å²) < 4.78 is 5.69. The Balaban J connectivity index is 1.61. The molecule has 28 heavy (non-hydrogen) atoms. The standard InChI is InChI=1S/C22H25N3O3/c1-22(2)13-25(18-7-5-4-6-17(18)22)21(27)28-15-9-8-14-10-11-24(3)19(20(23)26)16(14)12-15/h4-9,12,19H,10-11,13H2,1-3H3,(H2,23,26). The molecule has 2 aromatic carbocycles. The van der Waals surface area contributed by atoms with Crippen molar-refractivity contribution < 1.29 is 14.3 Å². The summed E-state index contributed by atoms with van der Waals surface area (Å²) in [5.74, 6) is 0.0228. The molecule has 2 aromatic rings. The first-order valence-electron chi connectivity index (χ1n) is 9.49. The normalized spacial score (nSPS) is 20.4. The van der Waals surface area contributed by atoms with Crippen molar-refractivity contribution in [1.82, 2.24) is 4.90 Å². The lowest BCUT2D eigenvalue weighted by Gasteiger charge is -2.32. The fourth-order valence-corrected chi connectivity index (χ4v) is 4.32. The summed E-state index contributed by atoms with van der Waals surface area (Å²) in [6.45, 7) is 5.55. The highest BCUT2D eigenvalue weighted by Gasteiger charge is 2.38. The fraction of sp³-hybridized carbons (Fsp3) is 0.364. The van der Waals surface area contributed by atoms with Crippen LogP contribution in [0.1, 0.15) is 36.6 Å². The summed E-state index contributed by atoms with van der Waals surface area (Å²) in [5.41, 5.74) is 9.37. The topological polar surface area (TPSA) is 75.9 Å². The second kappa shape index (κ2) is 6.63. The molecule has 0 aliphatic carbocycles. The minimum Gasteiger partial charge on any atom is -0.410 e. The van der Waals surface area contributed by atoms with E-state index in [-0.39, 0.29) is 5.41 Å². The van der Waals surface area contributed by atoms with E-state index in [9.17, 15) is 9.59 Å². The van der Waals surface area contributed by atoms with Crippen molar-refractivity contribution in [3.63, 3.8) is 0 Å². The zero-order valence-corrected chi connectivity index (χ0v) is 16.4. The Labute approximate surface area is 164 Å². The number of fused-ring (bicyclic) bond motifs is 2. The summed E-state index contributed by atoms with van der Waals surface area (Å²) in [4.78, 5) is 28.5. The van der Waals surface area contributed by atoms with Gasteiger partial charge in [0.15, 0.2) is 0 Å². The van der Waals surface area contributed by atoms with Crippen LogP contribution in [0.25, 0.3) is 0 Å². The maximum Gasteiger partial charge on any atom is 0.419 e. The Bertz CT molecular complexity index is 954. The van der Waals surface area contributed by atoms with Crippen LogP contribution >= 0.6 is 0 Å². The molecule has 0 saturated heterocycles. The molecule has 0 radical (unpaired) electrons. The number of rotatable bonds is 2. The van der Waals surface area contributed by atoms with E-state index in [1.165, 1.54) is 0 Å². The molecule has 1 unspecified atom stereocenters. The van der Waals surface area contributed by atoms with Gasteiger partial charge in [-0.3, -0.25) is 14.6 Å². The van der Waals surface area contributed by atoms with Gasteiger partial charge in [-0.15, -0.1) is 0 Å². The number of benzene rings is 2. The number of hydrogen-bond acceptors (Lipinski definition) is 4. The smallest absolute Gasteiger partial charge is 0.410 e. The molecule has 4 rings (SSSR count). The van der Waals surface area contributed by atoms with Crippen LogP contribution in [-0.2, 0) is 16.6 Å². The SMILES string of the molecule is CN1CCc2ccc(OC(=O)N3CC(C)(C)c4ccccc43)cc2C1C(N)=O. The van der Waals surface area contributed by atoms with E-state index in [1.54, 1.807) is 17.0 Å². The maximum atomic E-state index is 12.9. The predicted octanol–water partition coefficient (Wildman–Crippen LogP) is 3.00. The second-order valence-electron chi connectivity index (χ2n) is 8.25. The number of carbonyl (C=O) groups excluding carboxylic acids is 2. The molecule has 2 N–H and O–H groups in total. The predicted molar refractivity (Wildman–Crippen MR) is 108 cm³/mol. The minimum atomic E-state index is -0.506. The lowest BCUT2D eigenvalue weighted by atomic mass is 9.87. The molecule has 0 saturated carbocycles. The van der Waals surface area contributed by atoms with E-state index in [0.717, 1.165) is 35.3 Å². The second-order valence-corrected chi connectivity index (χ2v) is 8.25. The number of amides is 2. The van der Waals surface area contributed by atoms with Gasteiger partial charge in [-0.1, -0.05) is 38.1 Å². The van der Waals surface area contributed by atoms with Crippen molar-refractivity contribution in [3.8, 4) is 5.75 Å². The third-order valence-electron chi connectivity index (χ3n) is 5.76. The third-order valence-corrected chi connectivity index (χ3v) is 5.76. The van der Waals surface area contributed by atoms with Gasteiger partial charge in [0.25, 0.3) is 0 Å². The van der Waals surface area contributed by atoms with Gasteiger partial charge >= 0.3 is 6.09 Å². The Morgan fingerprint density at radius 2 is 1.93 bits per heavy atom. The highest BCUT2D eigenvalue weighted by molar-refractivity contribution is 5.92. The number of likely N-dealkylation sites (N-methyl/N-ethyl adjacent to an activating group) is 1. The van der Waals surface area contributed by atoms with Gasteiger partial charge in [0.05, 0.1) is 5.69 Å². The monoisotopic (exact) mass is 379 g/mol. The van der Waals surface area contributed by atoms with E-state index in [2.05, 4.69) is 19.9 Å². The first-order chi connectivity index (χ1) is 13.3. The van der Waals surface area contributed by atoms with Gasteiger partial charge in [-0.05, 0) is 48.4 Å². The molecule has 6 nitrogen and oxygen atoms in total. The zero-order valence-electron chi connectivity index (χ0n) is 16.4. The largest absolute Gasteiger partial charge is 0.419 e. The van der Waals surface area contributed by atoms with Crippen molar-refractivity contribution in [2.75, 3.05) is 25.0 Å². The molecule has 0 aromatic heterocycles. The average Bonchev–Trinajstić information content (AvgIpc) is 2.93. The lowest BCUT2D eigenvalue weighted by molar-refractivity contribution is -0.123. The molecule has 146 valence electrons. The maximum absolute atomic E-state index is 12.9. The van der Waals surface area contributed by atoms with Gasteiger partial charge in [-0.25, -0.2) is 4.79 Å². The molecule has 6 heteroatoms. The summed E-state index contributed by atoms with van der Waals surface area (Å²) in [6.07, 6.45) is 0.412. The molecular formula is C22H25N3O3. The molecule has 2 amide bonds. The van der Waals surface area contributed by atoms with Crippen LogP contribution in [-0.4, -0.2) is 37.0 Å². The van der Waals surface area contributed by atoms with Gasteiger partial charge in [0.1, 0.15) is 11.8 Å². The molecule has 0 fully saturated rings. The average molecular weight is 379 g/mol. The lowest BCUT2D eigenvalue weighted by Crippen LogP contribution is -2.40. The van der Waals surface area contributed by atoms with E-state index in [0.29, 0.717) is 12.3 Å². The number of anilines is 1. The van der Waals surface area contributed by atoms with Crippen LogP contribution < -0.4 is 15.4 Å². The molecule has 0 spiro atoms. The number of primary amides is 1. The van der Waals surface area contributed by atoms with Crippen LogP contribution in [0.3, 0.4) is 0 Å². The van der Waals surface area contributed by atoms with Crippen LogP contribution in [0.5, 0.6) is 5.75 Å². The van der Waals surface area contributed by atoms with Crippen molar-refractivity contribution in [2.24, 2.45) is 5.73 Å². The summed E-state index contributed by atoms with van der Waals surface area (Å²) in [5, 5.41) is 0. The Morgan fingerprint density at radius 1 is 1.18 bits per heavy atom. The Kier molecular flexibility index (Phi) is 4.38. The fourth-order valence-electron chi connectivity index (χ4n) is 4.32. The number of para-hydroxylation sites is 1. The Hall–Kier alpha value is -2.86. The van der Waals surface area contributed by atoms with Crippen LogP contribution in [0.4, 0.5) is 10.5 Å². The quantitative estimate of drug-likeness (QED) is 0.870. The minimum absolute atomic E-state index is 0.134. The Morgan fingerprint density at radius 3 is 2.68 bits per heavy atom. The van der Waals surface area contributed by atoms with E-state index in [4.69, 9.17) is 10.5 Å². The molecule has 2 aliphatic rings. The summed E-state index contributed by atoms with van der Waals surface area (Å²) in [7, 11) is 1.88. The highest BCUT2D eigenvalue weighted by atomic mass is 16.6.